The lowest BCUT2D eigenvalue weighted by atomic mass is 10.1. The Bertz CT molecular complexity index is 483. The van der Waals surface area contributed by atoms with Crippen LogP contribution >= 0.6 is 27.7 Å². The quantitative estimate of drug-likeness (QED) is 0.864. The molecule has 2 unspecified atom stereocenters. The summed E-state index contributed by atoms with van der Waals surface area (Å²) in [4.78, 5) is 0. The number of thioether (sulfide) groups is 1. The number of nitrogens with one attached hydrogen (secondary N) is 1. The van der Waals surface area contributed by atoms with Crippen LogP contribution in [0.15, 0.2) is 16.6 Å². The van der Waals surface area contributed by atoms with Crippen molar-refractivity contribution < 1.29 is 9.47 Å². The summed E-state index contributed by atoms with van der Waals surface area (Å²) in [6, 6.07) is 4.85. The lowest BCUT2D eigenvalue weighted by Gasteiger charge is -2.13. The van der Waals surface area contributed by atoms with Gasteiger partial charge in [-0.3, -0.25) is 0 Å². The summed E-state index contributed by atoms with van der Waals surface area (Å²) in [5.41, 5.74) is 1.24. The largest absolute Gasteiger partial charge is 0.454 e. The zero-order valence-electron chi connectivity index (χ0n) is 11.7. The number of benzene rings is 1. The molecule has 110 valence electrons. The third-order valence-corrected chi connectivity index (χ3v) is 5.69. The van der Waals surface area contributed by atoms with Crippen LogP contribution in [0, 0.1) is 0 Å². The molecule has 0 aromatic heterocycles. The SMILES string of the molecule is CCSC1CCC(NCc2cc(Br)c3c(c2)OCO3)C1. The Kier molecular flexibility index (Phi) is 4.79. The van der Waals surface area contributed by atoms with Gasteiger partial charge in [-0.05, 0) is 58.6 Å². The molecule has 1 aliphatic heterocycles. The first-order valence-electron chi connectivity index (χ1n) is 7.19. The van der Waals surface area contributed by atoms with Gasteiger partial charge in [0.25, 0.3) is 0 Å². The Balaban J connectivity index is 1.56. The fourth-order valence-corrected chi connectivity index (χ4v) is 4.64. The number of ether oxygens (including phenoxy) is 2. The van der Waals surface area contributed by atoms with Gasteiger partial charge in [-0.25, -0.2) is 0 Å². The van der Waals surface area contributed by atoms with E-state index in [2.05, 4.69) is 52.1 Å². The summed E-state index contributed by atoms with van der Waals surface area (Å²) in [7, 11) is 0. The Morgan fingerprint density at radius 3 is 3.10 bits per heavy atom. The van der Waals surface area contributed by atoms with E-state index in [0.717, 1.165) is 27.8 Å². The first kappa shape index (κ1) is 14.5. The minimum Gasteiger partial charge on any atom is -0.454 e. The third-order valence-electron chi connectivity index (χ3n) is 3.87. The Morgan fingerprint density at radius 1 is 1.35 bits per heavy atom. The van der Waals surface area contributed by atoms with Gasteiger partial charge in [0.15, 0.2) is 11.5 Å². The van der Waals surface area contributed by atoms with E-state index in [-0.39, 0.29) is 0 Å². The predicted molar refractivity (Wildman–Crippen MR) is 86.7 cm³/mol. The third kappa shape index (κ3) is 3.26. The molecule has 0 saturated heterocycles. The Morgan fingerprint density at radius 2 is 2.25 bits per heavy atom. The summed E-state index contributed by atoms with van der Waals surface area (Å²) in [6.45, 7) is 3.46. The maximum absolute atomic E-state index is 5.46. The molecular weight excluding hydrogens is 338 g/mol. The van der Waals surface area contributed by atoms with E-state index in [1.807, 2.05) is 0 Å². The summed E-state index contributed by atoms with van der Waals surface area (Å²) in [5.74, 6) is 2.91. The standard InChI is InChI=1S/C15H20BrNO2S/c1-2-20-12-4-3-11(7-12)17-8-10-5-13(16)15-14(6-10)18-9-19-15/h5-6,11-12,17H,2-4,7-9H2,1H3. The Hall–Kier alpha value is -0.390. The molecule has 1 saturated carbocycles. The molecule has 2 aliphatic rings. The molecule has 0 spiro atoms. The van der Waals surface area contributed by atoms with E-state index in [4.69, 9.17) is 9.47 Å². The molecule has 1 fully saturated rings. The molecule has 0 radical (unpaired) electrons. The van der Waals surface area contributed by atoms with Gasteiger partial charge in [0.1, 0.15) is 0 Å². The van der Waals surface area contributed by atoms with Crippen LogP contribution in [0.5, 0.6) is 11.5 Å². The van der Waals surface area contributed by atoms with E-state index >= 15 is 0 Å². The van der Waals surface area contributed by atoms with Crippen molar-refractivity contribution in [3.63, 3.8) is 0 Å². The van der Waals surface area contributed by atoms with Crippen molar-refractivity contribution in [3.05, 3.63) is 22.2 Å². The zero-order chi connectivity index (χ0) is 13.9. The highest BCUT2D eigenvalue weighted by Gasteiger charge is 2.24. The fourth-order valence-electron chi connectivity index (χ4n) is 2.90. The van der Waals surface area contributed by atoms with Crippen molar-refractivity contribution in [2.75, 3.05) is 12.5 Å². The smallest absolute Gasteiger partial charge is 0.231 e. The number of hydrogen-bond donors (Lipinski definition) is 1. The van der Waals surface area contributed by atoms with Crippen molar-refractivity contribution in [1.29, 1.82) is 0 Å². The first-order chi connectivity index (χ1) is 9.76. The van der Waals surface area contributed by atoms with Crippen LogP contribution < -0.4 is 14.8 Å². The van der Waals surface area contributed by atoms with Crippen molar-refractivity contribution in [3.8, 4) is 11.5 Å². The number of hydrogen-bond acceptors (Lipinski definition) is 4. The van der Waals surface area contributed by atoms with Gasteiger partial charge >= 0.3 is 0 Å². The molecule has 5 heteroatoms. The molecule has 1 aromatic rings. The lowest BCUT2D eigenvalue weighted by molar-refractivity contribution is 0.173. The second kappa shape index (κ2) is 6.58. The second-order valence-electron chi connectivity index (χ2n) is 5.28. The molecule has 1 N–H and O–H groups in total. The van der Waals surface area contributed by atoms with Gasteiger partial charge in [0.05, 0.1) is 4.47 Å². The van der Waals surface area contributed by atoms with Gasteiger partial charge < -0.3 is 14.8 Å². The summed E-state index contributed by atoms with van der Waals surface area (Å²) >= 11 is 5.64. The summed E-state index contributed by atoms with van der Waals surface area (Å²) < 4.78 is 11.8. The van der Waals surface area contributed by atoms with Gasteiger partial charge in [-0.15, -0.1) is 0 Å². The second-order valence-corrected chi connectivity index (χ2v) is 7.71. The van der Waals surface area contributed by atoms with Crippen LogP contribution in [0.3, 0.4) is 0 Å². The summed E-state index contributed by atoms with van der Waals surface area (Å²) in [5, 5.41) is 4.52. The monoisotopic (exact) mass is 357 g/mol. The van der Waals surface area contributed by atoms with Crippen LogP contribution in [0.25, 0.3) is 0 Å². The number of fused-ring (bicyclic) bond motifs is 1. The molecule has 3 rings (SSSR count). The van der Waals surface area contributed by atoms with Crippen LogP contribution in [-0.4, -0.2) is 23.8 Å². The van der Waals surface area contributed by atoms with E-state index < -0.39 is 0 Å². The topological polar surface area (TPSA) is 30.5 Å². The maximum Gasteiger partial charge on any atom is 0.231 e. The molecular formula is C15H20BrNO2S. The molecule has 1 heterocycles. The van der Waals surface area contributed by atoms with Crippen molar-refractivity contribution >= 4 is 27.7 Å². The van der Waals surface area contributed by atoms with Gasteiger partial charge in [-0.2, -0.15) is 11.8 Å². The van der Waals surface area contributed by atoms with Gasteiger partial charge in [-0.1, -0.05) is 6.92 Å². The highest BCUT2D eigenvalue weighted by atomic mass is 79.9. The van der Waals surface area contributed by atoms with E-state index in [1.165, 1.54) is 30.6 Å². The minimum atomic E-state index is 0.323. The molecule has 0 bridgehead atoms. The zero-order valence-corrected chi connectivity index (χ0v) is 14.1. The molecule has 1 aromatic carbocycles. The summed E-state index contributed by atoms with van der Waals surface area (Å²) in [6.07, 6.45) is 3.94. The van der Waals surface area contributed by atoms with Crippen LogP contribution in [0.2, 0.25) is 0 Å². The lowest BCUT2D eigenvalue weighted by Crippen LogP contribution is -2.26. The minimum absolute atomic E-state index is 0.323. The number of halogens is 1. The van der Waals surface area contributed by atoms with Gasteiger partial charge in [0.2, 0.25) is 6.79 Å². The Labute approximate surface area is 132 Å². The van der Waals surface area contributed by atoms with Crippen LogP contribution in [0.4, 0.5) is 0 Å². The highest BCUT2D eigenvalue weighted by molar-refractivity contribution is 9.10. The average molecular weight is 358 g/mol. The van der Waals surface area contributed by atoms with Crippen molar-refractivity contribution in [1.82, 2.24) is 5.32 Å². The highest BCUT2D eigenvalue weighted by Crippen LogP contribution is 2.40. The molecule has 1 aliphatic carbocycles. The fraction of sp³-hybridized carbons (Fsp3) is 0.600. The molecule has 20 heavy (non-hydrogen) atoms. The normalized spacial score (nSPS) is 24.3. The van der Waals surface area contributed by atoms with Crippen LogP contribution in [0.1, 0.15) is 31.7 Å². The maximum atomic E-state index is 5.46. The first-order valence-corrected chi connectivity index (χ1v) is 9.03. The van der Waals surface area contributed by atoms with Gasteiger partial charge in [0, 0.05) is 17.8 Å². The molecule has 0 amide bonds. The van der Waals surface area contributed by atoms with E-state index in [1.54, 1.807) is 0 Å². The molecule has 3 nitrogen and oxygen atoms in total. The van der Waals surface area contributed by atoms with Crippen molar-refractivity contribution in [2.24, 2.45) is 0 Å². The average Bonchev–Trinajstić information content (AvgIpc) is 3.06. The van der Waals surface area contributed by atoms with E-state index in [9.17, 15) is 0 Å². The number of rotatable bonds is 5. The van der Waals surface area contributed by atoms with Crippen LogP contribution in [-0.2, 0) is 6.54 Å². The van der Waals surface area contributed by atoms with Crippen molar-refractivity contribution in [2.45, 2.75) is 44.0 Å². The molecule has 2 atom stereocenters. The van der Waals surface area contributed by atoms with E-state index in [0.29, 0.717) is 12.8 Å². The predicted octanol–water partition coefficient (Wildman–Crippen LogP) is 3.94.